The summed E-state index contributed by atoms with van der Waals surface area (Å²) in [5.41, 5.74) is 13.8. The second-order valence-corrected chi connectivity index (χ2v) is 34.4. The molecule has 19 rings (SSSR count). The third-order valence-electron chi connectivity index (χ3n) is 24.6. The van der Waals surface area contributed by atoms with Gasteiger partial charge in [0.25, 0.3) is 34.4 Å². The number of aliphatic hydroxyl groups is 3. The number of carbonyl (C=O) groups excluding carboxylic acids is 3. The molecular formula is C93H105BrN18O14. The Balaban J connectivity index is 0.000000134. The maximum atomic E-state index is 13.3. The number of pyridine rings is 3. The van der Waals surface area contributed by atoms with Crippen molar-refractivity contribution in [3.05, 3.63) is 213 Å². The molecule has 7 aliphatic rings. The number of nitrogens with zero attached hydrogens (tertiary/aromatic N) is 9. The maximum absolute atomic E-state index is 13.3. The number of anilines is 3. The minimum absolute atomic E-state index is 0.0369. The van der Waals surface area contributed by atoms with Crippen LogP contribution < -0.4 is 56.3 Å². The highest BCUT2D eigenvalue weighted by Crippen LogP contribution is 2.41. The van der Waals surface area contributed by atoms with Gasteiger partial charge in [0.2, 0.25) is 6.79 Å². The summed E-state index contributed by atoms with van der Waals surface area (Å²) in [6.45, 7) is 16.7. The lowest BCUT2D eigenvalue weighted by Crippen LogP contribution is -2.43. The standard InChI is InChI=1S/C32H36N6O6.C32H38N6O4.C29H31BrN6O4/c1-3-18-11-27-28(44-17-43-27)13-26(18)42-16-21(39)14-34-23-4-7-33-31(40)29(23)30-35-24-10-19-15-38(20-5-8-37(2)9-6-20)32(41)22(19)12-25(24)36-30;1-20-6-7-28(21(2)14-20)42-19-23(39)17-34-25-8-9-33-31(40)29(25)30-35-26-15-22-18-38(13-5-12-37-10-3-4-11-37)32(41)24(22)16-27(26)36-30;1-35-10-7-18(8-11-35)36-15-17-12-23-24(13-20(17)29(36)39)34-27(33-23)26-22(6-9-31-28(26)38)32-14-19(37)16-40-25-5-3-2-4-21(25)30/h4,7,10-13,20-21,39H,3,5-6,8-9,14-17H2,1-2H3,(H,35,36)(H2,33,34,40);6-9,14-16,23,39H,3-5,10-13,17-19H2,1-2H3,(H,35,36)(H2,33,34,40);2-6,9,12-13,18-19,37H,7-8,10-11,14-16H2,1H3,(H,33,34)(H2,31,32,38)/t21-;23-;19-/m111/s1. The highest BCUT2D eigenvalue weighted by atomic mass is 79.9. The normalized spacial score (nSPS) is 16.7. The fourth-order valence-electron chi connectivity index (χ4n) is 17.7. The maximum Gasteiger partial charge on any atom is 0.261 e. The van der Waals surface area contributed by atoms with E-state index in [0.29, 0.717) is 127 Å². The van der Waals surface area contributed by atoms with E-state index in [1.165, 1.54) is 12.8 Å². The number of amides is 3. The zero-order valence-electron chi connectivity index (χ0n) is 71.1. The molecule has 6 aromatic carbocycles. The quantitative estimate of drug-likeness (QED) is 0.0217. The Kier molecular flexibility index (Phi) is 25.8. The number of likely N-dealkylation sites (tertiary alicyclic amines) is 3. The summed E-state index contributed by atoms with van der Waals surface area (Å²) in [7, 11) is 4.23. The summed E-state index contributed by atoms with van der Waals surface area (Å²) in [6, 6.07) is 34.1. The first-order chi connectivity index (χ1) is 61.1. The molecule has 3 fully saturated rings. The summed E-state index contributed by atoms with van der Waals surface area (Å²) in [5.74, 6) is 4.61. The molecule has 7 aliphatic heterocycles. The molecule has 126 heavy (non-hydrogen) atoms. The van der Waals surface area contributed by atoms with Crippen LogP contribution in [0.1, 0.15) is 116 Å². The highest BCUT2D eigenvalue weighted by molar-refractivity contribution is 9.10. The fourth-order valence-corrected chi connectivity index (χ4v) is 18.1. The van der Waals surface area contributed by atoms with Crippen molar-refractivity contribution in [2.24, 2.45) is 0 Å². The Hall–Kier alpha value is -12.4. The van der Waals surface area contributed by atoms with Gasteiger partial charge in [0.15, 0.2) is 11.5 Å². The van der Waals surface area contributed by atoms with Gasteiger partial charge in [-0.25, -0.2) is 15.0 Å². The summed E-state index contributed by atoms with van der Waals surface area (Å²) >= 11 is 3.43. The van der Waals surface area contributed by atoms with Crippen LogP contribution in [0.4, 0.5) is 17.1 Å². The van der Waals surface area contributed by atoms with Gasteiger partial charge in [-0.05, 0) is 248 Å². The van der Waals surface area contributed by atoms with E-state index in [4.69, 9.17) is 38.6 Å². The first-order valence-electron chi connectivity index (χ1n) is 43.2. The van der Waals surface area contributed by atoms with Crippen molar-refractivity contribution < 1.29 is 53.4 Å². The van der Waals surface area contributed by atoms with Crippen LogP contribution in [0.5, 0.6) is 28.7 Å². The van der Waals surface area contributed by atoms with Crippen molar-refractivity contribution in [2.45, 2.75) is 122 Å². The fraction of sp³-hybridized carbons (Fsp3) is 0.387. The number of H-pyrrole nitrogens is 6. The van der Waals surface area contributed by atoms with Crippen molar-refractivity contribution in [2.75, 3.05) is 129 Å². The van der Waals surface area contributed by atoms with Crippen LogP contribution in [-0.2, 0) is 26.1 Å². The van der Waals surface area contributed by atoms with Gasteiger partial charge in [-0.3, -0.25) is 28.8 Å². The lowest BCUT2D eigenvalue weighted by Gasteiger charge is -2.34. The van der Waals surface area contributed by atoms with Crippen LogP contribution in [0.3, 0.4) is 0 Å². The molecule has 3 amide bonds. The van der Waals surface area contributed by atoms with E-state index in [1.807, 2.05) is 120 Å². The average Bonchev–Trinajstić information content (AvgIpc) is 1.60. The van der Waals surface area contributed by atoms with Crippen molar-refractivity contribution in [3.63, 3.8) is 0 Å². The Labute approximate surface area is 734 Å². The number of piperidine rings is 2. The van der Waals surface area contributed by atoms with Crippen LogP contribution in [0, 0.1) is 13.8 Å². The first kappa shape index (κ1) is 85.8. The molecule has 12 N–H and O–H groups in total. The minimum atomic E-state index is -0.866. The lowest BCUT2D eigenvalue weighted by molar-refractivity contribution is 0.0610. The van der Waals surface area contributed by atoms with Gasteiger partial charge < -0.3 is 114 Å². The summed E-state index contributed by atoms with van der Waals surface area (Å²) < 4.78 is 29.2. The molecule has 0 saturated carbocycles. The molecule has 3 atom stereocenters. The summed E-state index contributed by atoms with van der Waals surface area (Å²) in [4.78, 5) is 124. The molecule has 0 unspecified atom stereocenters. The largest absolute Gasteiger partial charge is 0.491 e. The molecular weight excluding hydrogens is 1670 g/mol. The third-order valence-corrected chi connectivity index (χ3v) is 25.3. The van der Waals surface area contributed by atoms with Gasteiger partial charge in [0, 0.05) is 99.2 Å². The molecule has 0 radical (unpaired) electrons. The number of aromatic nitrogens is 9. The van der Waals surface area contributed by atoms with Crippen molar-refractivity contribution >= 4 is 83.8 Å². The number of carbonyl (C=O) groups is 3. The van der Waals surface area contributed by atoms with E-state index in [-0.39, 0.29) is 92.7 Å². The van der Waals surface area contributed by atoms with Crippen molar-refractivity contribution in [1.29, 1.82) is 0 Å². The van der Waals surface area contributed by atoms with Gasteiger partial charge >= 0.3 is 0 Å². The van der Waals surface area contributed by atoms with Gasteiger partial charge in [-0.2, -0.15) is 0 Å². The number of hydrogen-bond donors (Lipinski definition) is 12. The Morgan fingerprint density at radius 2 is 0.937 bits per heavy atom. The van der Waals surface area contributed by atoms with Crippen LogP contribution >= 0.6 is 15.9 Å². The molecule has 3 saturated heterocycles. The van der Waals surface area contributed by atoms with Gasteiger partial charge in [-0.15, -0.1) is 0 Å². The number of aryl methyl sites for hydroxylation is 3. The molecule has 0 bridgehead atoms. The van der Waals surface area contributed by atoms with E-state index >= 15 is 0 Å². The number of ether oxygens (including phenoxy) is 5. The second kappa shape index (κ2) is 37.8. The number of rotatable bonds is 28. The predicted molar refractivity (Wildman–Crippen MR) is 484 cm³/mol. The molecule has 13 heterocycles. The summed E-state index contributed by atoms with van der Waals surface area (Å²) in [6.07, 6.45) is 10.3. The molecule has 12 aromatic rings. The van der Waals surface area contributed by atoms with Crippen LogP contribution in [0.15, 0.2) is 147 Å². The van der Waals surface area contributed by atoms with E-state index in [9.17, 15) is 44.1 Å². The van der Waals surface area contributed by atoms with Crippen molar-refractivity contribution in [3.8, 4) is 62.9 Å². The molecule has 0 spiro atoms. The van der Waals surface area contributed by atoms with Crippen LogP contribution in [0.2, 0.25) is 0 Å². The van der Waals surface area contributed by atoms with E-state index in [0.717, 1.165) is 151 Å². The average molecular weight is 1780 g/mol. The third kappa shape index (κ3) is 18.9. The number of aromatic amines is 6. The van der Waals surface area contributed by atoms with E-state index < -0.39 is 18.3 Å². The minimum Gasteiger partial charge on any atom is -0.491 e. The summed E-state index contributed by atoms with van der Waals surface area (Å²) in [5, 5.41) is 41.3. The van der Waals surface area contributed by atoms with Gasteiger partial charge in [0.05, 0.1) is 54.6 Å². The zero-order valence-corrected chi connectivity index (χ0v) is 72.7. The van der Waals surface area contributed by atoms with E-state index in [1.54, 1.807) is 42.9 Å². The lowest BCUT2D eigenvalue weighted by atomic mass is 10.0. The van der Waals surface area contributed by atoms with Gasteiger partial charge in [0.1, 0.15) is 89.5 Å². The highest BCUT2D eigenvalue weighted by Gasteiger charge is 2.38. The number of aliphatic hydroxyl groups excluding tert-OH is 3. The van der Waals surface area contributed by atoms with Crippen LogP contribution in [0.25, 0.3) is 67.3 Å². The number of halogens is 1. The molecule has 32 nitrogen and oxygen atoms in total. The zero-order chi connectivity index (χ0) is 87.4. The monoisotopic (exact) mass is 1780 g/mol. The number of nitrogens with one attached hydrogen (secondary N) is 9. The smallest absolute Gasteiger partial charge is 0.261 e. The molecule has 0 aliphatic carbocycles. The van der Waals surface area contributed by atoms with Crippen molar-refractivity contribution in [1.82, 2.24) is 74.3 Å². The SMILES string of the molecule is CCc1cc2c(cc1OC[C@H](O)CNc1cc[nH]c(=O)c1-c1nc3cc4c(cc3[nH]1)CN(C1CCN(C)CC1)C4=O)OCO2.CN1CCC(N2Cc3cc4[nH]c(-c5c(NC[C@@H](O)COc6ccccc6Br)cc[nH]c5=O)nc4cc3C2=O)CC1.Cc1ccc(OC[C@H](O)CNc2cc[nH]c(=O)c2-c2nc3cc4c(cc3[nH]2)CN(CCCN2CCCC2)C4=O)c(C)c1. The first-order valence-corrected chi connectivity index (χ1v) is 44.0. The van der Waals surface area contributed by atoms with Crippen LogP contribution in [-0.4, -0.2) is 250 Å². The predicted octanol–water partition coefficient (Wildman–Crippen LogP) is 10.5. The molecule has 33 heteroatoms. The number of hydrogen-bond acceptors (Lipinski definition) is 23. The number of benzene rings is 6. The Bertz CT molecular complexity index is 6220. The topological polar surface area (TPSA) is 398 Å². The molecule has 6 aromatic heterocycles. The van der Waals surface area contributed by atoms with Gasteiger partial charge in [-0.1, -0.05) is 36.8 Å². The molecule has 658 valence electrons. The number of imidazole rings is 3. The van der Waals surface area contributed by atoms with E-state index in [2.05, 4.69) is 90.6 Å². The second-order valence-electron chi connectivity index (χ2n) is 33.6. The number of fused-ring (bicyclic) bond motifs is 7. The number of para-hydroxylation sites is 1. The Morgan fingerprint density at radius 1 is 0.500 bits per heavy atom. The Morgan fingerprint density at radius 3 is 1.40 bits per heavy atom.